The molecule has 1 atom stereocenters. The smallest absolute Gasteiger partial charge is 0.255 e. The van der Waals surface area contributed by atoms with Gasteiger partial charge < -0.3 is 0 Å². The van der Waals surface area contributed by atoms with E-state index in [1.54, 1.807) is 12.3 Å². The predicted octanol–water partition coefficient (Wildman–Crippen LogP) is 6.18. The van der Waals surface area contributed by atoms with Gasteiger partial charge in [0.05, 0.1) is 5.56 Å². The van der Waals surface area contributed by atoms with Gasteiger partial charge in [-0.25, -0.2) is 4.31 Å². The van der Waals surface area contributed by atoms with Gasteiger partial charge in [0.1, 0.15) is 0 Å². The fraction of sp³-hybridized carbons (Fsp3) is 0.217. The summed E-state index contributed by atoms with van der Waals surface area (Å²) in [5.41, 5.74) is 3.92. The summed E-state index contributed by atoms with van der Waals surface area (Å²) in [5, 5.41) is 0. The van der Waals surface area contributed by atoms with Crippen LogP contribution in [0.3, 0.4) is 0 Å². The molecule has 1 aliphatic heterocycles. The molecule has 30 heavy (non-hydrogen) atoms. The minimum atomic E-state index is -4.33. The average molecular weight is 448 g/mol. The first-order valence-electron chi connectivity index (χ1n) is 9.45. The third-order valence-electron chi connectivity index (χ3n) is 5.08. The molecule has 0 saturated carbocycles. The van der Waals surface area contributed by atoms with E-state index in [0.29, 0.717) is 11.4 Å². The van der Waals surface area contributed by atoms with Crippen LogP contribution in [0, 0.1) is 0 Å². The molecule has 0 radical (unpaired) electrons. The molecule has 0 aromatic heterocycles. The summed E-state index contributed by atoms with van der Waals surface area (Å²) < 4.78 is 52.7. The normalized spacial score (nSPS) is 15.6. The molecule has 0 aliphatic carbocycles. The second-order valence-corrected chi connectivity index (χ2v) is 9.75. The van der Waals surface area contributed by atoms with Crippen LogP contribution in [-0.4, -0.2) is 21.3 Å². The molecule has 0 amide bonds. The molecule has 1 heterocycles. The average Bonchev–Trinajstić information content (AvgIpc) is 2.73. The lowest BCUT2D eigenvalue weighted by Crippen LogP contribution is -2.24. The number of hydrogen-bond donors (Lipinski definition) is 0. The van der Waals surface area contributed by atoms with Gasteiger partial charge in [-0.3, -0.25) is 4.21 Å². The van der Waals surface area contributed by atoms with E-state index in [2.05, 4.69) is 22.5 Å². The van der Waals surface area contributed by atoms with Gasteiger partial charge in [0.15, 0.2) is 0 Å². The first kappa shape index (κ1) is 21.2. The molecule has 4 rings (SSSR count). The van der Waals surface area contributed by atoms with Crippen molar-refractivity contribution >= 4 is 22.7 Å². The Kier molecular flexibility index (Phi) is 6.04. The van der Waals surface area contributed by atoms with Crippen LogP contribution in [0.2, 0.25) is 0 Å². The highest BCUT2D eigenvalue weighted by molar-refractivity contribution is 7.97. The first-order chi connectivity index (χ1) is 14.3. The van der Waals surface area contributed by atoms with Gasteiger partial charge >= 0.3 is 6.18 Å². The largest absolute Gasteiger partial charge is 0.416 e. The zero-order chi connectivity index (χ0) is 21.3. The molecular formula is C23H20F3NOS2. The van der Waals surface area contributed by atoms with Crippen LogP contribution in [0.15, 0.2) is 76.5 Å². The Morgan fingerprint density at radius 2 is 1.70 bits per heavy atom. The van der Waals surface area contributed by atoms with E-state index in [0.717, 1.165) is 35.1 Å². The summed E-state index contributed by atoms with van der Waals surface area (Å²) in [6, 6.07) is 19.5. The molecule has 3 aromatic rings. The molecule has 1 unspecified atom stereocenters. The van der Waals surface area contributed by atoms with E-state index >= 15 is 0 Å². The van der Waals surface area contributed by atoms with Crippen molar-refractivity contribution in [2.45, 2.75) is 28.9 Å². The van der Waals surface area contributed by atoms with Crippen molar-refractivity contribution in [2.24, 2.45) is 0 Å². The van der Waals surface area contributed by atoms with Crippen molar-refractivity contribution in [1.29, 1.82) is 0 Å². The molecule has 0 fully saturated rings. The lowest BCUT2D eigenvalue weighted by atomic mass is 9.95. The molecule has 0 bridgehead atoms. The first-order valence-corrected chi connectivity index (χ1v) is 11.8. The highest BCUT2D eigenvalue weighted by Gasteiger charge is 2.30. The summed E-state index contributed by atoms with van der Waals surface area (Å²) in [6.07, 6.45) is -1.83. The second kappa shape index (κ2) is 8.57. The van der Waals surface area contributed by atoms with Crippen LogP contribution in [0.1, 0.15) is 16.7 Å². The van der Waals surface area contributed by atoms with Gasteiger partial charge in [-0.15, -0.1) is 0 Å². The molecule has 3 aromatic carbocycles. The Labute approximate surface area is 180 Å². The number of halogens is 3. The van der Waals surface area contributed by atoms with E-state index in [4.69, 9.17) is 0 Å². The standard InChI is InChI=1S/C23H20F3NOS2/c1-30(28)22-7-2-4-16(13-22)17-8-9-19-15-27(11-10-18(19)12-17)29-21-6-3-5-20(14-21)23(24,25)26/h2-9,12-14H,10-11,15H2,1H3. The van der Waals surface area contributed by atoms with E-state index < -0.39 is 22.5 Å². The minimum Gasteiger partial charge on any atom is -0.255 e. The van der Waals surface area contributed by atoms with Gasteiger partial charge in [0, 0.05) is 39.9 Å². The molecule has 0 saturated heterocycles. The minimum absolute atomic E-state index is 0.592. The van der Waals surface area contributed by atoms with Crippen molar-refractivity contribution in [2.75, 3.05) is 12.8 Å². The van der Waals surface area contributed by atoms with Gasteiger partial charge in [0.2, 0.25) is 0 Å². The van der Waals surface area contributed by atoms with Crippen molar-refractivity contribution in [1.82, 2.24) is 4.31 Å². The maximum absolute atomic E-state index is 13.0. The SMILES string of the molecule is CS(=O)c1cccc(-c2ccc3c(c2)CCN(Sc2cccc(C(F)(F)F)c2)C3)c1. The summed E-state index contributed by atoms with van der Waals surface area (Å²) in [7, 11) is -1.03. The maximum Gasteiger partial charge on any atom is 0.416 e. The summed E-state index contributed by atoms with van der Waals surface area (Å²) in [5.74, 6) is 0. The van der Waals surface area contributed by atoms with Crippen LogP contribution in [0.4, 0.5) is 13.2 Å². The van der Waals surface area contributed by atoms with Crippen molar-refractivity contribution < 1.29 is 17.4 Å². The lowest BCUT2D eigenvalue weighted by Gasteiger charge is -2.28. The molecular weight excluding hydrogens is 427 g/mol. The topological polar surface area (TPSA) is 20.3 Å². The van der Waals surface area contributed by atoms with Gasteiger partial charge in [-0.05, 0) is 71.0 Å². The molecule has 156 valence electrons. The van der Waals surface area contributed by atoms with Gasteiger partial charge in [-0.1, -0.05) is 36.4 Å². The Balaban J connectivity index is 1.50. The van der Waals surface area contributed by atoms with Crippen molar-refractivity contribution in [3.05, 3.63) is 83.4 Å². The third-order valence-corrected chi connectivity index (χ3v) is 7.03. The van der Waals surface area contributed by atoms with Crippen LogP contribution in [0.5, 0.6) is 0 Å². The fourth-order valence-electron chi connectivity index (χ4n) is 3.52. The predicted molar refractivity (Wildman–Crippen MR) is 116 cm³/mol. The maximum atomic E-state index is 13.0. The highest BCUT2D eigenvalue weighted by Crippen LogP contribution is 2.35. The number of hydrogen-bond acceptors (Lipinski definition) is 3. The molecule has 0 spiro atoms. The van der Waals surface area contributed by atoms with Gasteiger partial charge in [0.25, 0.3) is 0 Å². The number of rotatable bonds is 4. The molecule has 1 aliphatic rings. The van der Waals surface area contributed by atoms with E-state index in [-0.39, 0.29) is 0 Å². The zero-order valence-corrected chi connectivity index (χ0v) is 17.9. The number of alkyl halides is 3. The molecule has 2 nitrogen and oxygen atoms in total. The highest BCUT2D eigenvalue weighted by atomic mass is 32.2. The zero-order valence-electron chi connectivity index (χ0n) is 16.3. The number of benzene rings is 3. The van der Waals surface area contributed by atoms with Crippen molar-refractivity contribution in [3.8, 4) is 11.1 Å². The molecule has 0 N–H and O–H groups in total. The molecule has 7 heteroatoms. The van der Waals surface area contributed by atoms with Crippen LogP contribution in [0.25, 0.3) is 11.1 Å². The van der Waals surface area contributed by atoms with E-state index in [1.165, 1.54) is 35.2 Å². The van der Waals surface area contributed by atoms with E-state index in [9.17, 15) is 17.4 Å². The van der Waals surface area contributed by atoms with E-state index in [1.807, 2.05) is 24.3 Å². The Morgan fingerprint density at radius 1 is 0.933 bits per heavy atom. The van der Waals surface area contributed by atoms with Crippen LogP contribution < -0.4 is 0 Å². The third kappa shape index (κ3) is 4.79. The Bertz CT molecular complexity index is 1100. The lowest BCUT2D eigenvalue weighted by molar-refractivity contribution is -0.137. The van der Waals surface area contributed by atoms with Crippen LogP contribution in [-0.2, 0) is 29.9 Å². The van der Waals surface area contributed by atoms with Crippen molar-refractivity contribution in [3.63, 3.8) is 0 Å². The number of nitrogens with zero attached hydrogens (tertiary/aromatic N) is 1. The quantitative estimate of drug-likeness (QED) is 0.446. The van der Waals surface area contributed by atoms with Gasteiger partial charge in [-0.2, -0.15) is 13.2 Å². The number of fused-ring (bicyclic) bond motifs is 1. The summed E-state index contributed by atoms with van der Waals surface area (Å²) in [4.78, 5) is 1.39. The Hall–Kier alpha value is -2.09. The fourth-order valence-corrected chi connectivity index (χ4v) is 5.08. The second-order valence-electron chi connectivity index (χ2n) is 7.20. The Morgan fingerprint density at radius 3 is 2.47 bits per heavy atom. The summed E-state index contributed by atoms with van der Waals surface area (Å²) in [6.45, 7) is 1.44. The van der Waals surface area contributed by atoms with Crippen LogP contribution >= 0.6 is 11.9 Å². The summed E-state index contributed by atoms with van der Waals surface area (Å²) >= 11 is 1.36. The monoisotopic (exact) mass is 447 g/mol.